The van der Waals surface area contributed by atoms with E-state index < -0.39 is 53.0 Å². The molecule has 2 heterocycles. The summed E-state index contributed by atoms with van der Waals surface area (Å²) >= 11 is 6.11. The second-order valence-corrected chi connectivity index (χ2v) is 9.31. The van der Waals surface area contributed by atoms with Crippen molar-refractivity contribution in [2.24, 2.45) is 0 Å². The maximum absolute atomic E-state index is 13.9. The molecular weight excluding hydrogens is 555 g/mol. The molecule has 5 rings (SSSR count). The average Bonchev–Trinajstić information content (AvgIpc) is 3.13. The number of benzene rings is 3. The summed E-state index contributed by atoms with van der Waals surface area (Å²) in [5.41, 5.74) is -0.308. The van der Waals surface area contributed by atoms with Gasteiger partial charge in [-0.3, -0.25) is 19.3 Å². The van der Waals surface area contributed by atoms with E-state index in [0.29, 0.717) is 21.0 Å². The summed E-state index contributed by atoms with van der Waals surface area (Å²) in [6, 6.07) is 12.0. The van der Waals surface area contributed by atoms with Crippen LogP contribution in [-0.2, 0) is 11.0 Å². The number of halogens is 4. The summed E-state index contributed by atoms with van der Waals surface area (Å²) in [5.74, 6) is -5.49. The normalized spacial score (nSPS) is 13.1. The van der Waals surface area contributed by atoms with Gasteiger partial charge in [0.2, 0.25) is 11.2 Å². The molecule has 1 aliphatic heterocycles. The lowest BCUT2D eigenvalue weighted by molar-refractivity contribution is -0.154. The van der Waals surface area contributed by atoms with Gasteiger partial charge in [0, 0.05) is 11.1 Å². The van der Waals surface area contributed by atoms with Gasteiger partial charge in [-0.2, -0.15) is 13.2 Å². The highest BCUT2D eigenvalue weighted by Gasteiger charge is 2.41. The van der Waals surface area contributed by atoms with E-state index in [-0.39, 0.29) is 28.0 Å². The zero-order chi connectivity index (χ0) is 28.9. The first-order valence-electron chi connectivity index (χ1n) is 11.6. The van der Waals surface area contributed by atoms with Crippen LogP contribution < -0.4 is 14.9 Å². The highest BCUT2D eigenvalue weighted by molar-refractivity contribution is 6.32. The number of carbonyl (C=O) groups excluding carboxylic acids is 3. The highest BCUT2D eigenvalue weighted by Crippen LogP contribution is 2.39. The zero-order valence-electron chi connectivity index (χ0n) is 20.7. The van der Waals surface area contributed by atoms with Gasteiger partial charge in [-0.25, -0.2) is 4.79 Å². The molecule has 0 spiro atoms. The Hall–Kier alpha value is -4.64. The van der Waals surface area contributed by atoms with Crippen molar-refractivity contribution in [2.75, 3.05) is 6.54 Å². The summed E-state index contributed by atoms with van der Waals surface area (Å²) in [4.78, 5) is 51.2. The second-order valence-electron chi connectivity index (χ2n) is 8.93. The number of rotatable bonds is 5. The van der Waals surface area contributed by atoms with E-state index in [1.807, 2.05) is 0 Å². The molecule has 0 unspecified atom stereocenters. The molecule has 0 fully saturated rings. The number of ether oxygens (including phenoxy) is 2. The molecule has 8 nitrogen and oxygen atoms in total. The van der Waals surface area contributed by atoms with Crippen molar-refractivity contribution >= 4 is 40.4 Å². The SMILES string of the molecule is Cc1cc(Oc2c(C(F)(F)F)oc3cc(OC(=O)CN4C(=O)c5ccccc5C4=O)ccc3c2=O)cc(C)c1Cl. The predicted octanol–water partition coefficient (Wildman–Crippen LogP) is 6.08. The van der Waals surface area contributed by atoms with Gasteiger partial charge in [0.1, 0.15) is 23.6 Å². The van der Waals surface area contributed by atoms with Crippen LogP contribution in [0.2, 0.25) is 5.02 Å². The second kappa shape index (κ2) is 9.83. The van der Waals surface area contributed by atoms with Gasteiger partial charge in [-0.15, -0.1) is 0 Å². The van der Waals surface area contributed by atoms with Crippen LogP contribution in [0.5, 0.6) is 17.2 Å². The van der Waals surface area contributed by atoms with Gasteiger partial charge in [0.25, 0.3) is 17.6 Å². The number of hydrogen-bond acceptors (Lipinski definition) is 7. The smallest absolute Gasteiger partial charge is 0.449 e. The van der Waals surface area contributed by atoms with Gasteiger partial charge >= 0.3 is 12.1 Å². The minimum Gasteiger partial charge on any atom is -0.449 e. The third-order valence-corrected chi connectivity index (χ3v) is 6.70. The molecule has 4 aromatic rings. The number of aryl methyl sites for hydroxylation is 2. The lowest BCUT2D eigenvalue weighted by atomic mass is 10.1. The van der Waals surface area contributed by atoms with E-state index in [1.165, 1.54) is 24.3 Å². The Kier molecular flexibility index (Phi) is 6.62. The molecule has 0 bridgehead atoms. The first kappa shape index (κ1) is 26.9. The zero-order valence-corrected chi connectivity index (χ0v) is 21.5. The Balaban J connectivity index is 1.44. The highest BCUT2D eigenvalue weighted by atomic mass is 35.5. The molecule has 0 atom stereocenters. The van der Waals surface area contributed by atoms with Crippen LogP contribution in [0.15, 0.2) is 63.8 Å². The van der Waals surface area contributed by atoms with Crippen molar-refractivity contribution in [1.29, 1.82) is 0 Å². The Morgan fingerprint density at radius 3 is 2.10 bits per heavy atom. The number of esters is 1. The minimum atomic E-state index is -5.11. The molecule has 2 amide bonds. The fraction of sp³-hybridized carbons (Fsp3) is 0.143. The fourth-order valence-electron chi connectivity index (χ4n) is 4.26. The molecule has 0 radical (unpaired) electrons. The first-order chi connectivity index (χ1) is 18.8. The van der Waals surface area contributed by atoms with Gasteiger partial charge < -0.3 is 13.9 Å². The van der Waals surface area contributed by atoms with Crippen molar-refractivity contribution in [3.63, 3.8) is 0 Å². The molecule has 0 saturated carbocycles. The first-order valence-corrected chi connectivity index (χ1v) is 12.0. The van der Waals surface area contributed by atoms with Crippen LogP contribution in [0.25, 0.3) is 11.0 Å². The molecule has 0 N–H and O–H groups in total. The number of fused-ring (bicyclic) bond motifs is 2. The van der Waals surface area contributed by atoms with E-state index in [9.17, 15) is 32.3 Å². The topological polar surface area (TPSA) is 103 Å². The van der Waals surface area contributed by atoms with Crippen LogP contribution in [0, 0.1) is 13.8 Å². The minimum absolute atomic E-state index is 0.0461. The van der Waals surface area contributed by atoms with Crippen molar-refractivity contribution < 1.29 is 41.4 Å². The Bertz CT molecular complexity index is 1740. The van der Waals surface area contributed by atoms with E-state index in [4.69, 9.17) is 25.5 Å². The van der Waals surface area contributed by atoms with Crippen molar-refractivity contribution in [1.82, 2.24) is 4.90 Å². The maximum Gasteiger partial charge on any atom is 0.453 e. The van der Waals surface area contributed by atoms with E-state index in [1.54, 1.807) is 26.0 Å². The number of hydrogen-bond donors (Lipinski definition) is 0. The Morgan fingerprint density at radius 2 is 1.52 bits per heavy atom. The van der Waals surface area contributed by atoms with E-state index >= 15 is 0 Å². The van der Waals surface area contributed by atoms with Gasteiger partial charge in [0.05, 0.1) is 16.5 Å². The van der Waals surface area contributed by atoms with Crippen LogP contribution in [0.1, 0.15) is 37.6 Å². The fourth-order valence-corrected chi connectivity index (χ4v) is 4.37. The summed E-state index contributed by atoms with van der Waals surface area (Å²) in [5, 5.41) is 0.129. The average molecular weight is 572 g/mol. The predicted molar refractivity (Wildman–Crippen MR) is 136 cm³/mol. The number of alkyl halides is 3. The molecule has 12 heteroatoms. The molecule has 3 aromatic carbocycles. The lowest BCUT2D eigenvalue weighted by Gasteiger charge is -2.15. The van der Waals surface area contributed by atoms with E-state index in [2.05, 4.69) is 0 Å². The van der Waals surface area contributed by atoms with Gasteiger partial charge in [-0.1, -0.05) is 23.7 Å². The number of amides is 2. The lowest BCUT2D eigenvalue weighted by Crippen LogP contribution is -2.36. The quantitative estimate of drug-likeness (QED) is 0.163. The molecule has 0 saturated heterocycles. The molecule has 1 aliphatic rings. The maximum atomic E-state index is 13.9. The van der Waals surface area contributed by atoms with Crippen molar-refractivity contribution in [3.05, 3.63) is 97.9 Å². The van der Waals surface area contributed by atoms with Crippen LogP contribution >= 0.6 is 11.6 Å². The summed E-state index contributed by atoms with van der Waals surface area (Å²) in [6.07, 6.45) is -5.11. The molecule has 1 aromatic heterocycles. The van der Waals surface area contributed by atoms with Crippen molar-refractivity contribution in [3.8, 4) is 17.2 Å². The largest absolute Gasteiger partial charge is 0.453 e. The Labute approximate surface area is 228 Å². The summed E-state index contributed by atoms with van der Waals surface area (Å²) < 4.78 is 57.3. The van der Waals surface area contributed by atoms with Gasteiger partial charge in [-0.05, 0) is 61.4 Å². The molecular formula is C28H17ClF3NO7. The van der Waals surface area contributed by atoms with Crippen LogP contribution in [-0.4, -0.2) is 29.2 Å². The Morgan fingerprint density at radius 1 is 0.925 bits per heavy atom. The number of nitrogens with zero attached hydrogens (tertiary/aromatic N) is 1. The van der Waals surface area contributed by atoms with Crippen LogP contribution in [0.4, 0.5) is 13.2 Å². The number of carbonyl (C=O) groups is 3. The summed E-state index contributed by atoms with van der Waals surface area (Å²) in [6.45, 7) is 2.52. The number of imide groups is 1. The van der Waals surface area contributed by atoms with Crippen LogP contribution in [0.3, 0.4) is 0 Å². The third-order valence-electron chi connectivity index (χ3n) is 6.11. The summed E-state index contributed by atoms with van der Waals surface area (Å²) in [7, 11) is 0. The monoisotopic (exact) mass is 571 g/mol. The standard InChI is InChI=1S/C28H17ClF3NO7/c1-13-9-16(10-14(2)22(13)29)39-24-23(35)19-8-7-15(11-20(19)40-25(24)28(30,31)32)38-21(34)12-33-26(36)17-5-3-4-6-18(17)27(33)37/h3-11H,12H2,1-2H3. The third kappa shape index (κ3) is 4.79. The van der Waals surface area contributed by atoms with E-state index in [0.717, 1.165) is 18.2 Å². The molecule has 0 aliphatic carbocycles. The molecule has 204 valence electrons. The van der Waals surface area contributed by atoms with Gasteiger partial charge in [0.15, 0.2) is 0 Å². The molecule has 40 heavy (non-hydrogen) atoms. The van der Waals surface area contributed by atoms with Crippen molar-refractivity contribution in [2.45, 2.75) is 20.0 Å².